The van der Waals surface area contributed by atoms with Gasteiger partial charge in [0.25, 0.3) is 0 Å². The lowest BCUT2D eigenvalue weighted by Gasteiger charge is -2.16. The van der Waals surface area contributed by atoms with Gasteiger partial charge in [-0.1, -0.05) is 0 Å². The number of carbonyl (C=O) groups is 1. The highest BCUT2D eigenvalue weighted by Crippen LogP contribution is 2.14. The zero-order valence-corrected chi connectivity index (χ0v) is 8.85. The molecular weight excluding hydrogens is 221 g/mol. The minimum atomic E-state index is -0.984. The third kappa shape index (κ3) is 2.96. The first-order valence-electron chi connectivity index (χ1n) is 4.53. The van der Waals surface area contributed by atoms with E-state index in [0.717, 1.165) is 5.01 Å². The van der Waals surface area contributed by atoms with E-state index in [1.165, 1.54) is 14.0 Å². The molecule has 1 amide bonds. The molecule has 88 valence electrons. The molecule has 1 N–H and O–H groups in total. The predicted octanol–water partition coefficient (Wildman–Crippen LogP) is 1.59. The molecule has 0 heterocycles. The first-order chi connectivity index (χ1) is 7.41. The quantitative estimate of drug-likeness (QED) is 0.802. The third-order valence-corrected chi connectivity index (χ3v) is 2.07. The Hall–Kier alpha value is -1.56. The standard InChI is InChI=1S/C10H11F3N2O/c1-6(16)15(2)14-5-8-9(12)3-7(11)4-10(8)13/h3-4,14H,5H2,1-2H3. The Labute approximate surface area is 90.8 Å². The smallest absolute Gasteiger partial charge is 0.233 e. The highest BCUT2D eigenvalue weighted by atomic mass is 19.1. The summed E-state index contributed by atoms with van der Waals surface area (Å²) in [5.41, 5.74) is 2.17. The van der Waals surface area contributed by atoms with Crippen molar-refractivity contribution in [3.05, 3.63) is 35.1 Å². The lowest BCUT2D eigenvalue weighted by molar-refractivity contribution is -0.130. The maximum atomic E-state index is 13.1. The minimum absolute atomic E-state index is 0.228. The fraction of sp³-hybridized carbons (Fsp3) is 0.300. The van der Waals surface area contributed by atoms with Crippen LogP contribution in [0.5, 0.6) is 0 Å². The van der Waals surface area contributed by atoms with Crippen molar-refractivity contribution in [2.24, 2.45) is 0 Å². The fourth-order valence-electron chi connectivity index (χ4n) is 1.05. The van der Waals surface area contributed by atoms with Crippen molar-refractivity contribution in [3.63, 3.8) is 0 Å². The molecule has 0 saturated heterocycles. The lowest BCUT2D eigenvalue weighted by Crippen LogP contribution is -2.37. The van der Waals surface area contributed by atoms with Crippen molar-refractivity contribution >= 4 is 5.91 Å². The Balaban J connectivity index is 2.78. The highest BCUT2D eigenvalue weighted by molar-refractivity contribution is 5.72. The molecule has 0 bridgehead atoms. The van der Waals surface area contributed by atoms with Crippen LogP contribution in [0.3, 0.4) is 0 Å². The molecule has 0 atom stereocenters. The molecule has 0 aromatic heterocycles. The van der Waals surface area contributed by atoms with E-state index < -0.39 is 17.5 Å². The summed E-state index contributed by atoms with van der Waals surface area (Å²) in [6, 6.07) is 1.18. The summed E-state index contributed by atoms with van der Waals surface area (Å²) in [7, 11) is 1.42. The summed E-state index contributed by atoms with van der Waals surface area (Å²) < 4.78 is 38.8. The second kappa shape index (κ2) is 4.98. The molecule has 1 aromatic carbocycles. The van der Waals surface area contributed by atoms with Crippen LogP contribution in [0.1, 0.15) is 12.5 Å². The number of hydrogen-bond donors (Lipinski definition) is 1. The Bertz CT molecular complexity index is 386. The molecule has 3 nitrogen and oxygen atoms in total. The molecule has 16 heavy (non-hydrogen) atoms. The van der Waals surface area contributed by atoms with Crippen LogP contribution >= 0.6 is 0 Å². The molecule has 0 aliphatic rings. The number of amides is 1. The second-order valence-corrected chi connectivity index (χ2v) is 3.26. The number of halogens is 3. The van der Waals surface area contributed by atoms with Gasteiger partial charge in [0.1, 0.15) is 17.5 Å². The average Bonchev–Trinajstić information content (AvgIpc) is 2.15. The van der Waals surface area contributed by atoms with Crippen molar-refractivity contribution in [1.29, 1.82) is 0 Å². The summed E-state index contributed by atoms with van der Waals surface area (Å²) in [6.45, 7) is 1.07. The third-order valence-electron chi connectivity index (χ3n) is 2.07. The summed E-state index contributed by atoms with van der Waals surface area (Å²) in [5.74, 6) is -3.24. The molecule has 1 rings (SSSR count). The first kappa shape index (κ1) is 12.5. The Morgan fingerprint density at radius 3 is 2.25 bits per heavy atom. The van der Waals surface area contributed by atoms with Crippen LogP contribution in [0.25, 0.3) is 0 Å². The van der Waals surface area contributed by atoms with E-state index in [4.69, 9.17) is 0 Å². The van der Waals surface area contributed by atoms with Crippen LogP contribution in [0, 0.1) is 17.5 Å². The van der Waals surface area contributed by atoms with E-state index in [0.29, 0.717) is 12.1 Å². The van der Waals surface area contributed by atoms with Gasteiger partial charge in [-0.25, -0.2) is 18.6 Å². The molecule has 0 saturated carbocycles. The van der Waals surface area contributed by atoms with Crippen LogP contribution in [-0.4, -0.2) is 18.0 Å². The summed E-state index contributed by atoms with van der Waals surface area (Å²) in [5, 5.41) is 1.09. The largest absolute Gasteiger partial charge is 0.281 e. The van der Waals surface area contributed by atoms with Crippen molar-refractivity contribution in [2.45, 2.75) is 13.5 Å². The summed E-state index contributed by atoms with van der Waals surface area (Å²) in [6.07, 6.45) is 0. The van der Waals surface area contributed by atoms with E-state index in [9.17, 15) is 18.0 Å². The number of carbonyl (C=O) groups excluding carboxylic acids is 1. The minimum Gasteiger partial charge on any atom is -0.281 e. The molecule has 0 radical (unpaired) electrons. The van der Waals surface area contributed by atoms with Crippen LogP contribution in [-0.2, 0) is 11.3 Å². The molecule has 6 heteroatoms. The van der Waals surface area contributed by atoms with Crippen LogP contribution in [0.4, 0.5) is 13.2 Å². The zero-order chi connectivity index (χ0) is 12.3. The van der Waals surface area contributed by atoms with Gasteiger partial charge in [-0.3, -0.25) is 9.80 Å². The van der Waals surface area contributed by atoms with Gasteiger partial charge in [0.2, 0.25) is 5.91 Å². The van der Waals surface area contributed by atoms with Crippen LogP contribution in [0.15, 0.2) is 12.1 Å². The molecule has 0 aliphatic heterocycles. The fourth-order valence-corrected chi connectivity index (χ4v) is 1.05. The van der Waals surface area contributed by atoms with E-state index in [1.54, 1.807) is 0 Å². The van der Waals surface area contributed by atoms with Crippen molar-refractivity contribution in [3.8, 4) is 0 Å². The molecule has 0 fully saturated rings. The molecule has 1 aromatic rings. The molecule has 0 spiro atoms. The summed E-state index contributed by atoms with van der Waals surface area (Å²) in [4.78, 5) is 10.8. The number of hydrogen-bond acceptors (Lipinski definition) is 2. The van der Waals surface area contributed by atoms with Gasteiger partial charge in [-0.05, 0) is 0 Å². The molecule has 0 aliphatic carbocycles. The van der Waals surface area contributed by atoms with Gasteiger partial charge in [-0.15, -0.1) is 0 Å². The van der Waals surface area contributed by atoms with Crippen molar-refractivity contribution < 1.29 is 18.0 Å². The zero-order valence-electron chi connectivity index (χ0n) is 8.85. The van der Waals surface area contributed by atoms with Gasteiger partial charge in [0, 0.05) is 38.2 Å². The Morgan fingerprint density at radius 2 is 1.81 bits per heavy atom. The first-order valence-corrected chi connectivity index (χ1v) is 4.53. The van der Waals surface area contributed by atoms with Gasteiger partial charge >= 0.3 is 0 Å². The predicted molar refractivity (Wildman–Crippen MR) is 51.6 cm³/mol. The van der Waals surface area contributed by atoms with Gasteiger partial charge in [0.15, 0.2) is 0 Å². The van der Waals surface area contributed by atoms with E-state index >= 15 is 0 Å². The van der Waals surface area contributed by atoms with E-state index in [2.05, 4.69) is 5.43 Å². The number of benzene rings is 1. The van der Waals surface area contributed by atoms with Crippen LogP contribution < -0.4 is 5.43 Å². The van der Waals surface area contributed by atoms with Crippen LogP contribution in [0.2, 0.25) is 0 Å². The number of nitrogens with zero attached hydrogens (tertiary/aromatic N) is 1. The average molecular weight is 232 g/mol. The van der Waals surface area contributed by atoms with Gasteiger partial charge < -0.3 is 0 Å². The number of rotatable bonds is 3. The normalized spacial score (nSPS) is 10.3. The van der Waals surface area contributed by atoms with E-state index in [1.807, 2.05) is 0 Å². The SMILES string of the molecule is CC(=O)N(C)NCc1c(F)cc(F)cc1F. The highest BCUT2D eigenvalue weighted by Gasteiger charge is 2.12. The van der Waals surface area contributed by atoms with Crippen molar-refractivity contribution in [2.75, 3.05) is 7.05 Å². The Morgan fingerprint density at radius 1 is 1.31 bits per heavy atom. The maximum Gasteiger partial charge on any atom is 0.233 e. The van der Waals surface area contributed by atoms with E-state index in [-0.39, 0.29) is 18.0 Å². The molecule has 0 unspecified atom stereocenters. The van der Waals surface area contributed by atoms with Gasteiger partial charge in [0.05, 0.1) is 0 Å². The van der Waals surface area contributed by atoms with Gasteiger partial charge in [-0.2, -0.15) is 0 Å². The Kier molecular flexibility index (Phi) is 3.89. The maximum absolute atomic E-state index is 13.1. The number of hydrazine groups is 1. The lowest BCUT2D eigenvalue weighted by atomic mass is 10.2. The summed E-state index contributed by atoms with van der Waals surface area (Å²) >= 11 is 0. The number of nitrogens with one attached hydrogen (secondary N) is 1. The monoisotopic (exact) mass is 232 g/mol. The molecular formula is C10H11F3N2O. The second-order valence-electron chi connectivity index (χ2n) is 3.26. The topological polar surface area (TPSA) is 32.3 Å². The van der Waals surface area contributed by atoms with Crippen molar-refractivity contribution in [1.82, 2.24) is 10.4 Å².